The van der Waals surface area contributed by atoms with Crippen LogP contribution in [0, 0.1) is 57.9 Å². The number of halogens is 2. The van der Waals surface area contributed by atoms with Gasteiger partial charge in [-0.1, -0.05) is 73.5 Å². The van der Waals surface area contributed by atoms with E-state index in [-0.39, 0.29) is 114 Å². The number of aliphatic imine (C=N–C) groups is 4. The van der Waals surface area contributed by atoms with Crippen LogP contribution >= 0.6 is 85.2 Å². The third-order valence-electron chi connectivity index (χ3n) is 9.59. The summed E-state index contributed by atoms with van der Waals surface area (Å²) in [5.41, 5.74) is 11.1. The number of benzene rings is 2. The van der Waals surface area contributed by atoms with E-state index in [0.29, 0.717) is 0 Å². The van der Waals surface area contributed by atoms with Gasteiger partial charge in [0.15, 0.2) is 16.2 Å². The Hall–Kier alpha value is -3.37. The Balaban J connectivity index is -0.000000145. The van der Waals surface area contributed by atoms with Crippen molar-refractivity contribution in [1.29, 1.82) is 0 Å². The summed E-state index contributed by atoms with van der Waals surface area (Å²) in [4.78, 5) is 61.3. The fraction of sp³-hybridized carbons (Fsp3) is 0.447. The molecule has 0 bridgehead atoms. The Kier molecular flexibility index (Phi) is 55.8. The van der Waals surface area contributed by atoms with E-state index in [4.69, 9.17) is 18.0 Å². The van der Waals surface area contributed by atoms with Gasteiger partial charge in [-0.15, -0.1) is 0 Å². The first-order valence-electron chi connectivity index (χ1n) is 21.2. The molecule has 1 radical (unpaired) electrons. The molecule has 0 unspecified atom stereocenters. The first-order chi connectivity index (χ1) is 32.2. The molecule has 2 aromatic carbocycles. The van der Waals surface area contributed by atoms with Crippen molar-refractivity contribution in [2.75, 3.05) is 94.8 Å². The first kappa shape index (κ1) is 85.5. The fourth-order valence-electron chi connectivity index (χ4n) is 6.16. The summed E-state index contributed by atoms with van der Waals surface area (Å²) in [6.45, 7) is 19.7. The first-order valence-corrected chi connectivity index (χ1v) is 25.4. The molecule has 1 saturated heterocycles. The largest absolute Gasteiger partial charge is 0.457 e. The molecule has 9 rings (SSSR count). The number of nitrogen functional groups attached to an aromatic ring is 1. The summed E-state index contributed by atoms with van der Waals surface area (Å²) in [5.74, 6) is 2.73. The fourth-order valence-corrected chi connectivity index (χ4v) is 6.83. The number of nitrogens with zero attached hydrogens (tertiary/aromatic N) is 8. The second-order valence-electron chi connectivity index (χ2n) is 14.1. The Morgan fingerprint density at radius 1 is 0.707 bits per heavy atom. The van der Waals surface area contributed by atoms with Crippen LogP contribution in [0.25, 0.3) is 21.8 Å². The summed E-state index contributed by atoms with van der Waals surface area (Å²) < 4.78 is 3.88. The standard InChI is InChI=1S/C13H14N4.C10H10N2.2C6H10N2O.C4H8N2S.C3H6N2S.C2H3ClO2.CH3I.2CH4.Ac.3H2O.2H2S/c1-9-11(17-13-15-7-8-16-13)5-4-10-3-2-6-14-12(9)10;1-7-9(11)5-4-8-3-2-6-12-10(7)8;2*1-5-7-3-4-8(5)6(2)9;1-7-4-5-2-3-6-4;6-3-4-1-2-5-3;1-5-2(3)4;1-2;;;;;;;;/h2-6H,7-8H2,1H3,(H2,15,16,17);2-6H,11H2,1H3;2*3-4H2,1-2H3;2-3H2,1H3,(H,5,6);1-2H2,(H2,4,5,6);1H3;1H3;2*1H4;;5*1H2. The zero-order valence-electron chi connectivity index (χ0n) is 42.8. The maximum absolute atomic E-state index is 10.7. The molecule has 0 atom stereocenters. The van der Waals surface area contributed by atoms with Gasteiger partial charge in [0.1, 0.15) is 11.7 Å². The Morgan fingerprint density at radius 2 is 1.15 bits per heavy atom. The molecule has 2 amide bonds. The maximum Gasteiger partial charge on any atom is 0.403 e. The summed E-state index contributed by atoms with van der Waals surface area (Å²) >= 11 is 13.1. The molecule has 5 aliphatic rings. The number of carbonyl (C=O) groups is 3. The molecule has 423 valence electrons. The van der Waals surface area contributed by atoms with Gasteiger partial charge >= 0.3 is 5.43 Å². The van der Waals surface area contributed by atoms with Crippen molar-refractivity contribution < 1.29 is 79.6 Å². The predicted octanol–water partition coefficient (Wildman–Crippen LogP) is 5.41. The number of aromatic nitrogens is 2. The molecular weight excluding hydrogens is 1390 g/mol. The van der Waals surface area contributed by atoms with Gasteiger partial charge in [-0.25, -0.2) is 4.79 Å². The van der Waals surface area contributed by atoms with Gasteiger partial charge in [0.2, 0.25) is 11.8 Å². The van der Waals surface area contributed by atoms with Crippen molar-refractivity contribution in [1.82, 2.24) is 41.0 Å². The molecule has 5 aliphatic heterocycles. The number of thiocarbonyl (C=S) groups is 1. The molecule has 75 heavy (non-hydrogen) atoms. The van der Waals surface area contributed by atoms with E-state index in [1.165, 1.54) is 7.11 Å². The smallest absolute Gasteiger partial charge is 0.403 e. The number of amidine groups is 3. The third kappa shape index (κ3) is 32.2. The van der Waals surface area contributed by atoms with E-state index in [2.05, 4.69) is 121 Å². The Morgan fingerprint density at radius 3 is 1.47 bits per heavy atom. The summed E-state index contributed by atoms with van der Waals surface area (Å²) in [6.07, 6.45) is 5.64. The second kappa shape index (κ2) is 49.0. The number of amides is 2. The van der Waals surface area contributed by atoms with E-state index in [1.807, 2.05) is 68.5 Å². The number of rotatable bonds is 1. The van der Waals surface area contributed by atoms with Gasteiger partial charge in [0, 0.05) is 143 Å². The van der Waals surface area contributed by atoms with Gasteiger partial charge in [0.25, 0.3) is 0 Å². The average molecular weight is 1470 g/mol. The molecule has 21 nitrogen and oxygen atoms in total. The number of hydrogen-bond acceptors (Lipinski definition) is 16. The average Bonchev–Trinajstić information content (AvgIpc) is 4.21. The molecule has 7 heterocycles. The summed E-state index contributed by atoms with van der Waals surface area (Å²) in [6, 6.07) is 16.0. The number of nitrogens with two attached hydrogens (primary N) is 1. The number of anilines is 2. The van der Waals surface area contributed by atoms with Gasteiger partial charge in [-0.3, -0.25) is 49.3 Å². The number of pyridine rings is 2. The van der Waals surface area contributed by atoms with Gasteiger partial charge < -0.3 is 53.5 Å². The zero-order chi connectivity index (χ0) is 49.7. The third-order valence-corrected chi connectivity index (χ3v) is 10.7. The maximum atomic E-state index is 10.7. The predicted molar refractivity (Wildman–Crippen MR) is 338 cm³/mol. The van der Waals surface area contributed by atoms with Crippen molar-refractivity contribution in [3.63, 3.8) is 0 Å². The van der Waals surface area contributed by atoms with Gasteiger partial charge in [0.05, 0.1) is 44.3 Å². The molecule has 13 N–H and O–H groups in total. The summed E-state index contributed by atoms with van der Waals surface area (Å²) in [5, 5.41) is 19.7. The van der Waals surface area contributed by atoms with Crippen molar-refractivity contribution in [3.8, 4) is 0 Å². The van der Waals surface area contributed by atoms with Crippen LogP contribution in [0.4, 0.5) is 16.2 Å². The van der Waals surface area contributed by atoms with E-state index in [1.54, 1.807) is 41.6 Å². The van der Waals surface area contributed by atoms with Crippen LogP contribution in [0.15, 0.2) is 80.9 Å². The van der Waals surface area contributed by atoms with Crippen LogP contribution < -0.4 is 32.3 Å². The van der Waals surface area contributed by atoms with Crippen LogP contribution in [0.1, 0.15) is 53.7 Å². The molecule has 1 fully saturated rings. The number of guanidine groups is 1. The van der Waals surface area contributed by atoms with Gasteiger partial charge in [-0.2, -0.15) is 27.0 Å². The molecule has 28 heteroatoms. The monoisotopic (exact) mass is 1470 g/mol. The number of methoxy groups -OCH3 is 1. The number of alkyl halides is 1. The summed E-state index contributed by atoms with van der Waals surface area (Å²) in [7, 11) is 1.22. The minimum Gasteiger partial charge on any atom is -0.457 e. The molecule has 4 aromatic rings. The van der Waals surface area contributed by atoms with Crippen molar-refractivity contribution >= 4 is 163 Å². The molecule has 0 aliphatic carbocycles. The normalized spacial score (nSPS) is 13.1. The second-order valence-corrected chi connectivity index (χ2v) is 15.6. The number of aryl methyl sites for hydroxylation is 2. The van der Waals surface area contributed by atoms with Crippen LogP contribution in [-0.2, 0) is 14.3 Å². The van der Waals surface area contributed by atoms with Crippen LogP contribution in [0.2, 0.25) is 0 Å². The Labute approximate surface area is 522 Å². The molecule has 0 spiro atoms. The number of carbonyl (C=O) groups excluding carboxylic acids is 3. The van der Waals surface area contributed by atoms with Crippen LogP contribution in [0.5, 0.6) is 0 Å². The number of thioether (sulfide) groups is 1. The van der Waals surface area contributed by atoms with Crippen LogP contribution in [-0.4, -0.2) is 165 Å². The quantitative estimate of drug-likeness (QED) is 0.0456. The van der Waals surface area contributed by atoms with E-state index in [0.717, 1.165) is 138 Å². The minimum absolute atomic E-state index is 0. The van der Waals surface area contributed by atoms with Crippen molar-refractivity contribution in [2.24, 2.45) is 20.0 Å². The molecule has 2 aromatic heterocycles. The number of ether oxygens (including phenoxy) is 1. The number of fused-ring (bicyclic) bond motifs is 2. The van der Waals surface area contributed by atoms with Gasteiger partial charge in [-0.05, 0) is 86.5 Å². The number of nitrogens with one attached hydrogen (secondary N) is 5. The number of hydrogen-bond donors (Lipinski definition) is 6. The topological polar surface area (TPSA) is 323 Å². The van der Waals surface area contributed by atoms with E-state index in [9.17, 15) is 14.4 Å². The SMILES string of the molecule is C.C.CC(=O)N1CCN=C1C.CC(=O)N1CCN=C1C.CI.COC(=O)Cl.CSC1=NCCN1.Cc1c(N)ccc2cccnc12.Cc1c(NC2=NCCN2)ccc2cccnc12.O.O.O.S.S.S=C1NCCN1.[Ac]. The van der Waals surface area contributed by atoms with Crippen LogP contribution in [0.3, 0.4) is 0 Å². The zero-order valence-corrected chi connectivity index (χ0v) is 54.1. The minimum atomic E-state index is -0.773. The molecular formula is C47H82AcClIN14O7S4. The molecule has 0 saturated carbocycles. The van der Waals surface area contributed by atoms with Crippen molar-refractivity contribution in [2.45, 2.75) is 56.4 Å². The van der Waals surface area contributed by atoms with E-state index < -0.39 is 5.43 Å². The Bertz CT molecular complexity index is 2350. The van der Waals surface area contributed by atoms with E-state index >= 15 is 0 Å². The van der Waals surface area contributed by atoms with Crippen molar-refractivity contribution in [3.05, 3.63) is 72.1 Å².